The highest BCUT2D eigenvalue weighted by atomic mass is 16.5. The Morgan fingerprint density at radius 1 is 0.839 bits per heavy atom. The summed E-state index contributed by atoms with van der Waals surface area (Å²) in [4.78, 5) is 4.63. The Kier molecular flexibility index (Phi) is 5.43. The molecule has 1 unspecified atom stereocenters. The Labute approximate surface area is 184 Å². The van der Waals surface area contributed by atoms with Crippen molar-refractivity contribution in [3.05, 3.63) is 89.5 Å². The average Bonchev–Trinajstić information content (AvgIpc) is 2.84. The van der Waals surface area contributed by atoms with Crippen molar-refractivity contribution in [1.29, 1.82) is 0 Å². The average molecular weight is 415 g/mol. The molecule has 0 bridgehead atoms. The number of piperidine rings is 1. The molecule has 0 aliphatic carbocycles. The number of hydrogen-bond donors (Lipinski definition) is 1. The van der Waals surface area contributed by atoms with Crippen LogP contribution in [-0.4, -0.2) is 43.3 Å². The number of ether oxygens (including phenoxy) is 1. The summed E-state index contributed by atoms with van der Waals surface area (Å²) in [7, 11) is 2.05. The van der Waals surface area contributed by atoms with Crippen molar-refractivity contribution in [1.82, 2.24) is 4.90 Å². The third kappa shape index (κ3) is 3.60. The van der Waals surface area contributed by atoms with E-state index in [1.165, 1.54) is 32.4 Å². The highest BCUT2D eigenvalue weighted by molar-refractivity contribution is 5.79. The lowest BCUT2D eigenvalue weighted by Gasteiger charge is -2.41. The summed E-state index contributed by atoms with van der Waals surface area (Å²) in [5, 5.41) is 12.2. The molecule has 160 valence electrons. The first-order chi connectivity index (χ1) is 15.2. The van der Waals surface area contributed by atoms with Crippen LogP contribution >= 0.6 is 0 Å². The zero-order valence-electron chi connectivity index (χ0n) is 18.1. The molecule has 3 aromatic rings. The molecule has 1 saturated heterocycles. The minimum atomic E-state index is -1.23. The predicted molar refractivity (Wildman–Crippen MR) is 125 cm³/mol. The van der Waals surface area contributed by atoms with Crippen molar-refractivity contribution in [2.75, 3.05) is 38.2 Å². The highest BCUT2D eigenvalue weighted by Gasteiger charge is 2.42. The summed E-state index contributed by atoms with van der Waals surface area (Å²) in [6.45, 7) is 3.95. The van der Waals surface area contributed by atoms with Gasteiger partial charge >= 0.3 is 0 Å². The molecule has 1 N–H and O–H groups in total. The summed E-state index contributed by atoms with van der Waals surface area (Å²) in [6, 6.07) is 24.1. The minimum absolute atomic E-state index is 0.662. The maximum Gasteiger partial charge on any atom is 0.144 e. The van der Waals surface area contributed by atoms with E-state index in [1.54, 1.807) is 0 Å². The second-order valence-electron chi connectivity index (χ2n) is 8.58. The molecule has 0 spiro atoms. The van der Waals surface area contributed by atoms with E-state index in [0.29, 0.717) is 6.61 Å². The van der Waals surface area contributed by atoms with Crippen LogP contribution in [0.2, 0.25) is 0 Å². The third-order valence-corrected chi connectivity index (χ3v) is 6.69. The first-order valence-electron chi connectivity index (χ1n) is 11.3. The van der Waals surface area contributed by atoms with Gasteiger partial charge in [-0.1, -0.05) is 55.0 Å². The van der Waals surface area contributed by atoms with Crippen LogP contribution < -0.4 is 9.64 Å². The molecular weight excluding hydrogens is 384 g/mol. The topological polar surface area (TPSA) is 35.9 Å². The second-order valence-corrected chi connectivity index (χ2v) is 8.58. The van der Waals surface area contributed by atoms with E-state index in [2.05, 4.69) is 29.0 Å². The van der Waals surface area contributed by atoms with Crippen molar-refractivity contribution >= 4 is 11.4 Å². The van der Waals surface area contributed by atoms with Gasteiger partial charge in [0.25, 0.3) is 0 Å². The fourth-order valence-corrected chi connectivity index (χ4v) is 5.00. The molecular formula is C27H30N2O2. The molecule has 1 atom stereocenters. The summed E-state index contributed by atoms with van der Waals surface area (Å²) >= 11 is 0. The normalized spacial score (nSPS) is 20.8. The Balaban J connectivity index is 1.50. The van der Waals surface area contributed by atoms with Gasteiger partial charge in [-0.3, -0.25) is 4.90 Å². The Hall–Kier alpha value is -2.82. The predicted octanol–water partition coefficient (Wildman–Crippen LogP) is 4.92. The maximum atomic E-state index is 12.2. The SMILES string of the molecule is CN1c2ccccc2C(O)(c2ccccc2)c2cc(OCCN3CCCCC3)ccc21. The van der Waals surface area contributed by atoms with Gasteiger partial charge in [0.1, 0.15) is 18.0 Å². The first-order valence-corrected chi connectivity index (χ1v) is 11.3. The zero-order chi connectivity index (χ0) is 21.3. The zero-order valence-corrected chi connectivity index (χ0v) is 18.1. The molecule has 4 heteroatoms. The summed E-state index contributed by atoms with van der Waals surface area (Å²) in [6.07, 6.45) is 3.92. The Morgan fingerprint density at radius 3 is 2.35 bits per heavy atom. The van der Waals surface area contributed by atoms with Gasteiger partial charge in [0.2, 0.25) is 0 Å². The van der Waals surface area contributed by atoms with E-state index in [4.69, 9.17) is 4.74 Å². The third-order valence-electron chi connectivity index (χ3n) is 6.69. The van der Waals surface area contributed by atoms with Gasteiger partial charge in [-0.15, -0.1) is 0 Å². The Morgan fingerprint density at radius 2 is 1.55 bits per heavy atom. The number of hydrogen-bond acceptors (Lipinski definition) is 4. The summed E-state index contributed by atoms with van der Waals surface area (Å²) in [5.74, 6) is 0.804. The quantitative estimate of drug-likeness (QED) is 0.643. The molecule has 3 aromatic carbocycles. The van der Waals surface area contributed by atoms with Crippen molar-refractivity contribution in [3.8, 4) is 5.75 Å². The second kappa shape index (κ2) is 8.37. The van der Waals surface area contributed by atoms with Crippen LogP contribution in [-0.2, 0) is 5.60 Å². The van der Waals surface area contributed by atoms with Crippen LogP contribution in [0.4, 0.5) is 11.4 Å². The lowest BCUT2D eigenvalue weighted by Crippen LogP contribution is -2.36. The molecule has 2 aliphatic rings. The number of anilines is 2. The van der Waals surface area contributed by atoms with E-state index in [-0.39, 0.29) is 0 Å². The molecule has 2 aliphatic heterocycles. The van der Waals surface area contributed by atoms with Crippen LogP contribution in [0.25, 0.3) is 0 Å². The van der Waals surface area contributed by atoms with Crippen molar-refractivity contribution < 1.29 is 9.84 Å². The Bertz CT molecular complexity index is 1050. The number of benzene rings is 3. The number of rotatable bonds is 5. The van der Waals surface area contributed by atoms with Gasteiger partial charge in [0, 0.05) is 36.1 Å². The van der Waals surface area contributed by atoms with E-state index in [1.807, 2.05) is 60.7 Å². The van der Waals surface area contributed by atoms with E-state index < -0.39 is 5.60 Å². The monoisotopic (exact) mass is 414 g/mol. The van der Waals surface area contributed by atoms with Crippen molar-refractivity contribution in [2.45, 2.75) is 24.9 Å². The number of aliphatic hydroxyl groups is 1. The van der Waals surface area contributed by atoms with Crippen molar-refractivity contribution in [3.63, 3.8) is 0 Å². The molecule has 2 heterocycles. The maximum absolute atomic E-state index is 12.2. The lowest BCUT2D eigenvalue weighted by molar-refractivity contribution is 0.124. The number of fused-ring (bicyclic) bond motifs is 2. The van der Waals surface area contributed by atoms with Gasteiger partial charge in [0.05, 0.1) is 0 Å². The van der Waals surface area contributed by atoms with Gasteiger partial charge in [-0.2, -0.15) is 0 Å². The summed E-state index contributed by atoms with van der Waals surface area (Å²) in [5.41, 5.74) is 3.39. The fourth-order valence-electron chi connectivity index (χ4n) is 5.00. The smallest absolute Gasteiger partial charge is 0.144 e. The van der Waals surface area contributed by atoms with E-state index in [9.17, 15) is 5.11 Å². The molecule has 1 fully saturated rings. The van der Waals surface area contributed by atoms with Crippen molar-refractivity contribution in [2.24, 2.45) is 0 Å². The van der Waals surface area contributed by atoms with Gasteiger partial charge in [-0.25, -0.2) is 0 Å². The largest absolute Gasteiger partial charge is 0.492 e. The van der Waals surface area contributed by atoms with Gasteiger partial charge < -0.3 is 14.7 Å². The van der Waals surface area contributed by atoms with Crippen LogP contribution in [0, 0.1) is 0 Å². The standard InChI is InChI=1S/C27H30N2O2/c1-28-25-13-7-6-12-23(25)27(30,21-10-4-2-5-11-21)24-20-22(14-15-26(24)28)31-19-18-29-16-8-3-9-17-29/h2,4-7,10-15,20,30H,3,8-9,16-19H2,1H3. The van der Waals surface area contributed by atoms with Crippen LogP contribution in [0.3, 0.4) is 0 Å². The molecule has 5 rings (SSSR count). The van der Waals surface area contributed by atoms with Crippen LogP contribution in [0.15, 0.2) is 72.8 Å². The number of para-hydroxylation sites is 1. The molecule has 4 nitrogen and oxygen atoms in total. The molecule has 0 radical (unpaired) electrons. The van der Waals surface area contributed by atoms with E-state index in [0.717, 1.165) is 40.4 Å². The van der Waals surface area contributed by atoms with Crippen LogP contribution in [0.5, 0.6) is 5.75 Å². The number of likely N-dealkylation sites (tertiary alicyclic amines) is 1. The highest BCUT2D eigenvalue weighted by Crippen LogP contribution is 2.51. The fraction of sp³-hybridized carbons (Fsp3) is 0.333. The molecule has 0 amide bonds. The van der Waals surface area contributed by atoms with E-state index >= 15 is 0 Å². The molecule has 0 saturated carbocycles. The molecule has 31 heavy (non-hydrogen) atoms. The first kappa shape index (κ1) is 20.1. The lowest BCUT2D eigenvalue weighted by atomic mass is 9.76. The van der Waals surface area contributed by atoms with Crippen LogP contribution in [0.1, 0.15) is 36.0 Å². The van der Waals surface area contributed by atoms with Gasteiger partial charge in [-0.05, 0) is 55.8 Å². The van der Waals surface area contributed by atoms with Gasteiger partial charge in [0.15, 0.2) is 0 Å². The summed E-state index contributed by atoms with van der Waals surface area (Å²) < 4.78 is 6.16. The minimum Gasteiger partial charge on any atom is -0.492 e. The molecule has 0 aromatic heterocycles. The number of nitrogens with zero attached hydrogens (tertiary/aromatic N) is 2.